The van der Waals surface area contributed by atoms with Crippen LogP contribution in [-0.4, -0.2) is 48.2 Å². The average Bonchev–Trinajstić information content (AvgIpc) is 3.44. The van der Waals surface area contributed by atoms with E-state index in [1.807, 2.05) is 42.7 Å². The number of hydrogen-bond donors (Lipinski definition) is 1. The van der Waals surface area contributed by atoms with Crippen LogP contribution in [0, 0.1) is 0 Å². The number of aromatic nitrogens is 1. The zero-order valence-corrected chi connectivity index (χ0v) is 19.4. The molecule has 1 N–H and O–H groups in total. The van der Waals surface area contributed by atoms with Gasteiger partial charge in [-0.3, -0.25) is 4.79 Å². The van der Waals surface area contributed by atoms with Crippen molar-refractivity contribution in [2.75, 3.05) is 26.9 Å². The number of ether oxygens (including phenoxy) is 3. The van der Waals surface area contributed by atoms with Crippen LogP contribution in [0.15, 0.2) is 52.0 Å². The fraction of sp³-hybridized carbons (Fsp3) is 0.385. The molecule has 34 heavy (non-hydrogen) atoms. The zero-order chi connectivity index (χ0) is 24.0. The third-order valence-corrected chi connectivity index (χ3v) is 6.70. The topological polar surface area (TPSA) is 100 Å². The molecular formula is C26H27NO7. The molecule has 2 atom stereocenters. The summed E-state index contributed by atoms with van der Waals surface area (Å²) >= 11 is 0. The lowest BCUT2D eigenvalue weighted by molar-refractivity contribution is 0.0145. The third-order valence-electron chi connectivity index (χ3n) is 6.70. The highest BCUT2D eigenvalue weighted by atomic mass is 16.5. The number of aromatic carboxylic acids is 1. The van der Waals surface area contributed by atoms with E-state index in [0.717, 1.165) is 23.1 Å². The van der Waals surface area contributed by atoms with Crippen molar-refractivity contribution in [2.45, 2.75) is 37.8 Å². The number of methoxy groups -OCH3 is 1. The highest BCUT2D eigenvalue weighted by molar-refractivity contribution is 5.88. The molecule has 2 aliphatic rings. The Labute approximate surface area is 196 Å². The predicted molar refractivity (Wildman–Crippen MR) is 125 cm³/mol. The number of carbonyl (C=O) groups is 1. The van der Waals surface area contributed by atoms with Gasteiger partial charge >= 0.3 is 5.97 Å². The Hall–Kier alpha value is -3.36. The van der Waals surface area contributed by atoms with Crippen LogP contribution >= 0.6 is 0 Å². The molecule has 1 fully saturated rings. The van der Waals surface area contributed by atoms with Crippen LogP contribution in [0.25, 0.3) is 22.6 Å². The lowest BCUT2D eigenvalue weighted by atomic mass is 9.78. The van der Waals surface area contributed by atoms with Crippen LogP contribution < -0.4 is 10.2 Å². The van der Waals surface area contributed by atoms with E-state index in [9.17, 15) is 14.7 Å². The Bertz CT molecular complexity index is 1290. The van der Waals surface area contributed by atoms with Crippen LogP contribution in [0.3, 0.4) is 0 Å². The number of pyridine rings is 1. The van der Waals surface area contributed by atoms with Crippen molar-refractivity contribution >= 4 is 5.97 Å². The normalized spacial score (nSPS) is 19.9. The molecule has 0 spiro atoms. The number of furan rings is 1. The van der Waals surface area contributed by atoms with Crippen molar-refractivity contribution in [3.05, 3.63) is 64.1 Å². The highest BCUT2D eigenvalue weighted by Gasteiger charge is 2.49. The lowest BCUT2D eigenvalue weighted by Gasteiger charge is -2.38. The summed E-state index contributed by atoms with van der Waals surface area (Å²) in [4.78, 5) is 24.4. The zero-order valence-electron chi connectivity index (χ0n) is 19.4. The summed E-state index contributed by atoms with van der Waals surface area (Å²) in [6, 6.07) is 8.89. The second-order valence-corrected chi connectivity index (χ2v) is 9.22. The number of hydrogen-bond acceptors (Lipinski definition) is 6. The molecule has 0 radical (unpaired) electrons. The van der Waals surface area contributed by atoms with Gasteiger partial charge in [0.05, 0.1) is 42.4 Å². The number of carboxylic acids is 1. The largest absolute Gasteiger partial charge is 0.493 e. The summed E-state index contributed by atoms with van der Waals surface area (Å²) < 4.78 is 25.1. The summed E-state index contributed by atoms with van der Waals surface area (Å²) in [6.45, 7) is 5.53. The Morgan fingerprint density at radius 1 is 1.24 bits per heavy atom. The van der Waals surface area contributed by atoms with Crippen molar-refractivity contribution in [1.29, 1.82) is 0 Å². The Balaban J connectivity index is 1.72. The van der Waals surface area contributed by atoms with Crippen molar-refractivity contribution in [3.8, 4) is 28.3 Å². The quantitative estimate of drug-likeness (QED) is 0.518. The molecule has 4 heterocycles. The maximum Gasteiger partial charge on any atom is 0.341 e. The van der Waals surface area contributed by atoms with E-state index in [2.05, 4.69) is 0 Å². The number of benzene rings is 1. The van der Waals surface area contributed by atoms with E-state index in [0.29, 0.717) is 37.0 Å². The smallest absolute Gasteiger partial charge is 0.341 e. The van der Waals surface area contributed by atoms with Gasteiger partial charge in [0.15, 0.2) is 5.43 Å². The molecule has 5 rings (SSSR count). The van der Waals surface area contributed by atoms with Crippen LogP contribution in [-0.2, 0) is 9.47 Å². The van der Waals surface area contributed by atoms with Gasteiger partial charge in [0.25, 0.3) is 0 Å². The number of rotatable bonds is 7. The summed E-state index contributed by atoms with van der Waals surface area (Å²) in [6.07, 6.45) is 3.80. The van der Waals surface area contributed by atoms with Crippen molar-refractivity contribution in [2.24, 2.45) is 0 Å². The minimum absolute atomic E-state index is 0.0337. The van der Waals surface area contributed by atoms with Gasteiger partial charge in [-0.05, 0) is 43.7 Å². The Morgan fingerprint density at radius 2 is 2.06 bits per heavy atom. The molecule has 8 nitrogen and oxygen atoms in total. The van der Waals surface area contributed by atoms with Gasteiger partial charge in [0.1, 0.15) is 17.1 Å². The molecule has 1 saturated heterocycles. The first-order valence-electron chi connectivity index (χ1n) is 11.3. The molecule has 0 aliphatic carbocycles. The SMILES string of the molecule is COCCCOc1cc2c(cc1-c1ccco1)-c1cc(=O)c(C(=O)O)cn1[C@H]1[C@@H]2COC1(C)C. The Kier molecular flexibility index (Phi) is 5.58. The Morgan fingerprint density at radius 3 is 2.76 bits per heavy atom. The van der Waals surface area contributed by atoms with Crippen molar-refractivity contribution in [1.82, 2.24) is 4.57 Å². The minimum Gasteiger partial charge on any atom is -0.493 e. The van der Waals surface area contributed by atoms with Crippen LogP contribution in [0.2, 0.25) is 0 Å². The van der Waals surface area contributed by atoms with Crippen molar-refractivity contribution in [3.63, 3.8) is 0 Å². The first-order chi connectivity index (χ1) is 16.3. The number of fused-ring (bicyclic) bond motifs is 6. The summed E-state index contributed by atoms with van der Waals surface area (Å²) in [7, 11) is 1.66. The van der Waals surface area contributed by atoms with Gasteiger partial charge in [-0.2, -0.15) is 0 Å². The summed E-state index contributed by atoms with van der Waals surface area (Å²) in [5.74, 6) is 0.0565. The third kappa shape index (κ3) is 3.63. The van der Waals surface area contributed by atoms with Crippen LogP contribution in [0.4, 0.5) is 0 Å². The molecule has 0 bridgehead atoms. The van der Waals surface area contributed by atoms with Gasteiger partial charge in [0, 0.05) is 43.9 Å². The fourth-order valence-corrected chi connectivity index (χ4v) is 5.16. The maximum atomic E-state index is 12.7. The molecule has 178 valence electrons. The van der Waals surface area contributed by atoms with E-state index < -0.39 is 17.0 Å². The molecule has 8 heteroatoms. The first-order valence-corrected chi connectivity index (χ1v) is 11.3. The number of nitrogens with zero attached hydrogens (tertiary/aromatic N) is 1. The van der Waals surface area contributed by atoms with E-state index >= 15 is 0 Å². The highest BCUT2D eigenvalue weighted by Crippen LogP contribution is 2.54. The van der Waals surface area contributed by atoms with E-state index in [-0.39, 0.29) is 17.5 Å². The maximum absolute atomic E-state index is 12.7. The van der Waals surface area contributed by atoms with Crippen molar-refractivity contribution < 1.29 is 28.5 Å². The molecule has 2 aliphatic heterocycles. The summed E-state index contributed by atoms with van der Waals surface area (Å²) in [5, 5.41) is 9.58. The molecule has 1 aromatic carbocycles. The lowest BCUT2D eigenvalue weighted by Crippen LogP contribution is -2.36. The fourth-order valence-electron chi connectivity index (χ4n) is 5.16. The molecule has 0 saturated carbocycles. The second-order valence-electron chi connectivity index (χ2n) is 9.22. The molecule has 2 aromatic heterocycles. The molecule has 0 unspecified atom stereocenters. The van der Waals surface area contributed by atoms with Gasteiger partial charge in [-0.25, -0.2) is 4.79 Å². The molecular weight excluding hydrogens is 438 g/mol. The second kappa shape index (κ2) is 8.45. The monoisotopic (exact) mass is 465 g/mol. The van der Waals surface area contributed by atoms with E-state index in [1.54, 1.807) is 13.4 Å². The van der Waals surface area contributed by atoms with Crippen LogP contribution in [0.5, 0.6) is 5.75 Å². The van der Waals surface area contributed by atoms with Gasteiger partial charge in [-0.1, -0.05) is 0 Å². The van der Waals surface area contributed by atoms with Gasteiger partial charge in [-0.15, -0.1) is 0 Å². The predicted octanol–water partition coefficient (Wildman–Crippen LogP) is 4.34. The van der Waals surface area contributed by atoms with E-state index in [4.69, 9.17) is 18.6 Å². The average molecular weight is 466 g/mol. The summed E-state index contributed by atoms with van der Waals surface area (Å²) in [5.41, 5.74) is 1.93. The van der Waals surface area contributed by atoms with Gasteiger partial charge < -0.3 is 28.3 Å². The van der Waals surface area contributed by atoms with Crippen LogP contribution in [0.1, 0.15) is 48.1 Å². The first kappa shape index (κ1) is 22.4. The molecule has 0 amide bonds. The number of carboxylic acid groups (broad SMARTS) is 1. The van der Waals surface area contributed by atoms with Gasteiger partial charge in [0.2, 0.25) is 0 Å². The standard InChI is InChI=1S/C26H27NO7/c1-26(2)24-19(14-34-26)15-11-23(33-9-5-7-31-3)17(22-6-4-8-32-22)10-16(15)20-12-21(28)18(25(29)30)13-27(20)24/h4,6,8,10-13,19,24H,5,7,9,14H2,1-3H3,(H,29,30)/t19-,24+/m1/s1. The van der Waals surface area contributed by atoms with E-state index in [1.165, 1.54) is 12.3 Å². The molecule has 3 aromatic rings. The minimum atomic E-state index is -1.24.